The van der Waals surface area contributed by atoms with Gasteiger partial charge in [0.2, 0.25) is 5.91 Å². The van der Waals surface area contributed by atoms with E-state index in [0.717, 1.165) is 16.8 Å². The molecule has 2 heterocycles. The van der Waals surface area contributed by atoms with Gasteiger partial charge in [0.05, 0.1) is 16.5 Å². The van der Waals surface area contributed by atoms with Crippen LogP contribution in [0.4, 0.5) is 5.69 Å². The number of nitriles is 1. The molecule has 2 aromatic rings. The normalized spacial score (nSPS) is 15.2. The second kappa shape index (κ2) is 5.73. The van der Waals surface area contributed by atoms with Crippen LogP contribution in [0.15, 0.2) is 30.3 Å². The molecule has 1 aromatic heterocycles. The second-order valence-electron chi connectivity index (χ2n) is 7.98. The van der Waals surface area contributed by atoms with Crippen LogP contribution in [-0.2, 0) is 15.0 Å². The highest BCUT2D eigenvalue weighted by molar-refractivity contribution is 6.06. The predicted molar refractivity (Wildman–Crippen MR) is 97.3 cm³/mol. The molecule has 0 aliphatic carbocycles. The van der Waals surface area contributed by atoms with Crippen LogP contribution in [-0.4, -0.2) is 16.6 Å². The molecule has 3 rings (SSSR count). The molecule has 1 N–H and O–H groups in total. The van der Waals surface area contributed by atoms with Crippen molar-refractivity contribution in [1.82, 2.24) is 4.73 Å². The molecule has 26 heavy (non-hydrogen) atoms. The van der Waals surface area contributed by atoms with E-state index in [1.54, 1.807) is 32.9 Å². The van der Waals surface area contributed by atoms with E-state index < -0.39 is 16.8 Å². The average molecular weight is 351 g/mol. The predicted octanol–water partition coefficient (Wildman–Crippen LogP) is 3.26. The summed E-state index contributed by atoms with van der Waals surface area (Å²) in [5, 5.41) is 12.2. The molecule has 1 aromatic carbocycles. The molecule has 0 radical (unpaired) electrons. The third-order valence-electron chi connectivity index (χ3n) is 4.54. The van der Waals surface area contributed by atoms with Crippen LogP contribution < -0.4 is 10.2 Å². The Labute approximate surface area is 152 Å². The summed E-state index contributed by atoms with van der Waals surface area (Å²) in [5.41, 5.74) is 1.86. The highest BCUT2D eigenvalue weighted by atomic mass is 16.7. The second-order valence-corrected chi connectivity index (χ2v) is 7.98. The van der Waals surface area contributed by atoms with Crippen LogP contribution in [0.2, 0.25) is 0 Å². The SMILES string of the molecule is CC(C)(C)C(=O)On1c(C#N)ccc1-c1ccc2c(c1)C(C)(C)C(=O)N2. The number of hydrogen-bond donors (Lipinski definition) is 1. The summed E-state index contributed by atoms with van der Waals surface area (Å²) in [5.74, 6) is -0.498. The van der Waals surface area contributed by atoms with Crippen molar-refractivity contribution in [2.45, 2.75) is 40.0 Å². The first-order valence-electron chi connectivity index (χ1n) is 8.36. The Bertz CT molecular complexity index is 956. The van der Waals surface area contributed by atoms with Crippen LogP contribution in [0.1, 0.15) is 45.9 Å². The fourth-order valence-electron chi connectivity index (χ4n) is 2.77. The molecule has 0 fully saturated rings. The number of carbonyl (C=O) groups is 2. The van der Waals surface area contributed by atoms with Gasteiger partial charge in [0.1, 0.15) is 6.07 Å². The van der Waals surface area contributed by atoms with Gasteiger partial charge in [-0.2, -0.15) is 9.99 Å². The van der Waals surface area contributed by atoms with Crippen LogP contribution in [0.5, 0.6) is 0 Å². The average Bonchev–Trinajstić information content (AvgIpc) is 3.05. The van der Waals surface area contributed by atoms with Gasteiger partial charge in [0.15, 0.2) is 5.69 Å². The molecule has 6 nitrogen and oxygen atoms in total. The quantitative estimate of drug-likeness (QED) is 0.900. The lowest BCUT2D eigenvalue weighted by Crippen LogP contribution is -2.32. The van der Waals surface area contributed by atoms with Gasteiger partial charge in [-0.1, -0.05) is 6.07 Å². The molecule has 1 amide bonds. The molecule has 134 valence electrons. The van der Waals surface area contributed by atoms with Crippen molar-refractivity contribution in [2.24, 2.45) is 5.41 Å². The van der Waals surface area contributed by atoms with Crippen molar-refractivity contribution in [3.63, 3.8) is 0 Å². The summed E-state index contributed by atoms with van der Waals surface area (Å²) in [4.78, 5) is 29.9. The van der Waals surface area contributed by atoms with E-state index in [2.05, 4.69) is 5.32 Å². The fraction of sp³-hybridized carbons (Fsp3) is 0.350. The maximum Gasteiger partial charge on any atom is 0.338 e. The van der Waals surface area contributed by atoms with Crippen molar-refractivity contribution in [3.05, 3.63) is 41.6 Å². The van der Waals surface area contributed by atoms with Crippen molar-refractivity contribution < 1.29 is 14.4 Å². The summed E-state index contributed by atoms with van der Waals surface area (Å²) in [6.45, 7) is 8.97. The molecule has 0 bridgehead atoms. The number of hydrogen-bond acceptors (Lipinski definition) is 4. The summed E-state index contributed by atoms with van der Waals surface area (Å²) < 4.78 is 1.26. The van der Waals surface area contributed by atoms with Gasteiger partial charge in [-0.05, 0) is 64.4 Å². The Kier molecular flexibility index (Phi) is 3.91. The van der Waals surface area contributed by atoms with Crippen LogP contribution in [0.25, 0.3) is 11.3 Å². The highest BCUT2D eigenvalue weighted by Gasteiger charge is 2.38. The van der Waals surface area contributed by atoms with Gasteiger partial charge in [-0.15, -0.1) is 0 Å². The summed E-state index contributed by atoms with van der Waals surface area (Å²) in [7, 11) is 0. The first-order chi connectivity index (χ1) is 12.1. The van der Waals surface area contributed by atoms with Gasteiger partial charge >= 0.3 is 5.97 Å². The number of benzene rings is 1. The third-order valence-corrected chi connectivity index (χ3v) is 4.54. The lowest BCUT2D eigenvalue weighted by atomic mass is 9.85. The molecule has 0 atom stereocenters. The van der Waals surface area contributed by atoms with E-state index in [4.69, 9.17) is 4.84 Å². The van der Waals surface area contributed by atoms with E-state index in [1.165, 1.54) is 4.73 Å². The number of anilines is 1. The molecular formula is C20H21N3O3. The number of amides is 1. The Hall–Kier alpha value is -3.07. The summed E-state index contributed by atoms with van der Waals surface area (Å²) in [6.07, 6.45) is 0. The topological polar surface area (TPSA) is 84.1 Å². The largest absolute Gasteiger partial charge is 0.338 e. The van der Waals surface area contributed by atoms with Gasteiger partial charge in [0, 0.05) is 11.3 Å². The van der Waals surface area contributed by atoms with Crippen LogP contribution >= 0.6 is 0 Å². The lowest BCUT2D eigenvalue weighted by molar-refractivity contribution is -0.153. The number of rotatable bonds is 2. The van der Waals surface area contributed by atoms with E-state index >= 15 is 0 Å². The molecular weight excluding hydrogens is 330 g/mol. The summed E-state index contributed by atoms with van der Waals surface area (Å²) in [6, 6.07) is 10.9. The monoisotopic (exact) mass is 351 g/mol. The first kappa shape index (κ1) is 17.7. The third kappa shape index (κ3) is 2.76. The molecule has 0 saturated heterocycles. The fourth-order valence-corrected chi connectivity index (χ4v) is 2.77. The maximum absolute atomic E-state index is 12.3. The minimum Gasteiger partial charge on any atom is -0.335 e. The van der Waals surface area contributed by atoms with Crippen molar-refractivity contribution >= 4 is 17.6 Å². The number of carbonyl (C=O) groups excluding carboxylic acids is 2. The molecule has 0 unspecified atom stereocenters. The van der Waals surface area contributed by atoms with E-state index in [1.807, 2.05) is 38.1 Å². The number of fused-ring (bicyclic) bond motifs is 1. The molecule has 1 aliphatic heterocycles. The van der Waals surface area contributed by atoms with E-state index in [9.17, 15) is 14.9 Å². The standard InChI is InChI=1S/C20H21N3O3/c1-19(2,3)18(25)26-23-13(11-21)7-9-16(23)12-6-8-15-14(10-12)20(4,5)17(24)22-15/h6-10H,1-5H3,(H,22,24). The number of nitrogens with one attached hydrogen (secondary N) is 1. The van der Waals surface area contributed by atoms with Gasteiger partial charge in [-0.3, -0.25) is 4.79 Å². The Morgan fingerprint density at radius 3 is 2.54 bits per heavy atom. The zero-order chi connectivity index (χ0) is 19.3. The summed E-state index contributed by atoms with van der Waals surface area (Å²) >= 11 is 0. The Morgan fingerprint density at radius 2 is 1.92 bits per heavy atom. The minimum atomic E-state index is -0.704. The molecule has 6 heteroatoms. The van der Waals surface area contributed by atoms with Crippen molar-refractivity contribution in [2.75, 3.05) is 5.32 Å². The van der Waals surface area contributed by atoms with Crippen LogP contribution in [0, 0.1) is 16.7 Å². The van der Waals surface area contributed by atoms with Gasteiger partial charge in [0.25, 0.3) is 0 Å². The number of nitrogens with zero attached hydrogens (tertiary/aromatic N) is 2. The zero-order valence-corrected chi connectivity index (χ0v) is 15.5. The van der Waals surface area contributed by atoms with Crippen molar-refractivity contribution in [3.8, 4) is 17.3 Å². The molecule has 0 spiro atoms. The smallest absolute Gasteiger partial charge is 0.335 e. The van der Waals surface area contributed by atoms with Crippen LogP contribution in [0.3, 0.4) is 0 Å². The Morgan fingerprint density at radius 1 is 1.23 bits per heavy atom. The van der Waals surface area contributed by atoms with Crippen molar-refractivity contribution in [1.29, 1.82) is 5.26 Å². The highest BCUT2D eigenvalue weighted by Crippen LogP contribution is 2.39. The van der Waals surface area contributed by atoms with Gasteiger partial charge < -0.3 is 10.2 Å². The number of aromatic nitrogens is 1. The zero-order valence-electron chi connectivity index (χ0n) is 15.5. The van der Waals surface area contributed by atoms with Gasteiger partial charge in [-0.25, -0.2) is 4.79 Å². The molecule has 0 saturated carbocycles. The Balaban J connectivity index is 2.09. The molecule has 1 aliphatic rings. The lowest BCUT2D eigenvalue weighted by Gasteiger charge is -2.19. The maximum atomic E-state index is 12.3. The minimum absolute atomic E-state index is 0.0584. The van der Waals surface area contributed by atoms with E-state index in [-0.39, 0.29) is 11.6 Å². The first-order valence-corrected chi connectivity index (χ1v) is 8.36. The van der Waals surface area contributed by atoms with E-state index in [0.29, 0.717) is 5.69 Å².